The number of ether oxygens (including phenoxy) is 1. The molecule has 0 saturated carbocycles. The van der Waals surface area contributed by atoms with Crippen molar-refractivity contribution in [3.05, 3.63) is 29.7 Å². The predicted octanol–water partition coefficient (Wildman–Crippen LogP) is 2.22. The summed E-state index contributed by atoms with van der Waals surface area (Å²) < 4.78 is 28.3. The lowest BCUT2D eigenvalue weighted by Gasteiger charge is -2.19. The highest BCUT2D eigenvalue weighted by molar-refractivity contribution is 7.94. The van der Waals surface area contributed by atoms with Crippen LogP contribution in [0.1, 0.15) is 18.9 Å². The summed E-state index contributed by atoms with van der Waals surface area (Å²) in [6, 6.07) is 3.91. The van der Waals surface area contributed by atoms with Gasteiger partial charge in [0.1, 0.15) is 11.6 Å². The molecule has 0 fully saturated rings. The van der Waals surface area contributed by atoms with E-state index in [0.29, 0.717) is 6.54 Å². The molecule has 0 aliphatic heterocycles. The summed E-state index contributed by atoms with van der Waals surface area (Å²) in [5.74, 6) is 1.56. The van der Waals surface area contributed by atoms with Crippen LogP contribution < -0.4 is 10.2 Å². The summed E-state index contributed by atoms with van der Waals surface area (Å²) in [6.45, 7) is 9.89. The lowest BCUT2D eigenvalue weighted by molar-refractivity contribution is 0.147. The van der Waals surface area contributed by atoms with Crippen LogP contribution in [0.2, 0.25) is 0 Å². The predicted molar refractivity (Wildman–Crippen MR) is 95.8 cm³/mol. The van der Waals surface area contributed by atoms with E-state index < -0.39 is 9.84 Å². The van der Waals surface area contributed by atoms with Gasteiger partial charge in [0.2, 0.25) is 0 Å². The third kappa shape index (κ3) is 7.47. The Bertz CT molecular complexity index is 603. The molecule has 1 heterocycles. The Morgan fingerprint density at radius 2 is 2.17 bits per heavy atom. The van der Waals surface area contributed by atoms with E-state index in [1.54, 1.807) is 0 Å². The maximum atomic E-state index is 11.5. The Labute approximate surface area is 139 Å². The molecule has 0 aromatic carbocycles. The average Bonchev–Trinajstić information content (AvgIpc) is 2.52. The van der Waals surface area contributed by atoms with Crippen molar-refractivity contribution in [3.8, 4) is 0 Å². The lowest BCUT2D eigenvalue weighted by atomic mass is 10.2. The van der Waals surface area contributed by atoms with Crippen molar-refractivity contribution in [2.24, 2.45) is 0 Å². The molecule has 1 N–H and O–H groups in total. The molecule has 0 atom stereocenters. The van der Waals surface area contributed by atoms with Gasteiger partial charge in [-0.2, -0.15) is 0 Å². The molecule has 0 radical (unpaired) electrons. The number of aromatic nitrogens is 1. The fourth-order valence-electron chi connectivity index (χ4n) is 1.93. The highest BCUT2D eigenvalue weighted by atomic mass is 32.2. The average molecular weight is 341 g/mol. The molecule has 6 nitrogen and oxygen atoms in total. The fourth-order valence-corrected chi connectivity index (χ4v) is 2.63. The normalized spacial score (nSPS) is 11.3. The molecule has 0 aliphatic carbocycles. The Morgan fingerprint density at radius 1 is 1.43 bits per heavy atom. The topological polar surface area (TPSA) is 71.5 Å². The number of nitrogens with one attached hydrogen (secondary N) is 1. The van der Waals surface area contributed by atoms with E-state index in [9.17, 15) is 8.42 Å². The Balaban J connectivity index is 2.63. The summed E-state index contributed by atoms with van der Waals surface area (Å²) in [5.41, 5.74) is 1.07. The number of nitrogens with zero attached hydrogens (tertiary/aromatic N) is 2. The number of sulfone groups is 1. The van der Waals surface area contributed by atoms with Crippen molar-refractivity contribution in [1.82, 2.24) is 4.98 Å². The van der Waals surface area contributed by atoms with Gasteiger partial charge in [0.25, 0.3) is 0 Å². The van der Waals surface area contributed by atoms with Gasteiger partial charge in [-0.25, -0.2) is 13.4 Å². The van der Waals surface area contributed by atoms with Gasteiger partial charge >= 0.3 is 0 Å². The smallest absolute Gasteiger partial charge is 0.172 e. The van der Waals surface area contributed by atoms with Crippen LogP contribution in [0, 0.1) is 6.92 Å². The van der Waals surface area contributed by atoms with Gasteiger partial charge in [0.15, 0.2) is 9.84 Å². The number of rotatable bonds is 11. The van der Waals surface area contributed by atoms with Crippen LogP contribution >= 0.6 is 0 Å². The minimum atomic E-state index is -3.20. The monoisotopic (exact) mass is 341 g/mol. The van der Waals surface area contributed by atoms with Gasteiger partial charge in [-0.05, 0) is 38.0 Å². The van der Waals surface area contributed by atoms with E-state index in [1.807, 2.05) is 37.9 Å². The Morgan fingerprint density at radius 3 is 2.83 bits per heavy atom. The highest BCUT2D eigenvalue weighted by Gasteiger charge is 2.10. The standard InChI is InChI=1S/C16H27N3O3S/c1-5-22-10-7-8-17-15-12-14(3)13-16(18-15)19(4)9-11-23(20,21)6-2/h6,12-13H,2,5,7-11H2,1,3-4H3,(H,17,18). The first-order valence-corrected chi connectivity index (χ1v) is 9.46. The quantitative estimate of drug-likeness (QED) is 0.622. The third-order valence-corrected chi connectivity index (χ3v) is 4.55. The van der Waals surface area contributed by atoms with Crippen molar-refractivity contribution in [1.29, 1.82) is 0 Å². The summed E-state index contributed by atoms with van der Waals surface area (Å²) in [5, 5.41) is 4.27. The second-order valence-electron chi connectivity index (χ2n) is 5.32. The first kappa shape index (κ1) is 19.4. The SMILES string of the molecule is C=CS(=O)(=O)CCN(C)c1cc(C)cc(NCCCOCC)n1. The number of hydrogen-bond acceptors (Lipinski definition) is 6. The fraction of sp³-hybridized carbons (Fsp3) is 0.562. The lowest BCUT2D eigenvalue weighted by Crippen LogP contribution is -2.25. The molecule has 1 aromatic rings. The van der Waals surface area contributed by atoms with E-state index in [4.69, 9.17) is 4.74 Å². The molecule has 1 aromatic heterocycles. The summed E-state index contributed by atoms with van der Waals surface area (Å²) in [7, 11) is -1.37. The number of anilines is 2. The summed E-state index contributed by atoms with van der Waals surface area (Å²) in [4.78, 5) is 6.36. The van der Waals surface area contributed by atoms with Crippen molar-refractivity contribution < 1.29 is 13.2 Å². The second-order valence-corrected chi connectivity index (χ2v) is 7.39. The van der Waals surface area contributed by atoms with E-state index in [1.165, 1.54) is 0 Å². The van der Waals surface area contributed by atoms with Gasteiger partial charge in [-0.3, -0.25) is 0 Å². The molecular formula is C16H27N3O3S. The molecule has 7 heteroatoms. The number of hydrogen-bond donors (Lipinski definition) is 1. The minimum Gasteiger partial charge on any atom is -0.382 e. The van der Waals surface area contributed by atoms with Crippen LogP contribution in [-0.2, 0) is 14.6 Å². The van der Waals surface area contributed by atoms with Crippen molar-refractivity contribution in [3.63, 3.8) is 0 Å². The molecule has 0 amide bonds. The van der Waals surface area contributed by atoms with Gasteiger partial charge in [-0.1, -0.05) is 6.58 Å². The zero-order chi connectivity index (χ0) is 17.3. The zero-order valence-electron chi connectivity index (χ0n) is 14.2. The molecule has 1 rings (SSSR count). The highest BCUT2D eigenvalue weighted by Crippen LogP contribution is 2.16. The van der Waals surface area contributed by atoms with Crippen LogP contribution in [-0.4, -0.2) is 52.5 Å². The number of aryl methyl sites for hydroxylation is 1. The van der Waals surface area contributed by atoms with E-state index in [0.717, 1.165) is 48.8 Å². The minimum absolute atomic E-state index is 0.0275. The van der Waals surface area contributed by atoms with Crippen molar-refractivity contribution in [2.45, 2.75) is 20.3 Å². The van der Waals surface area contributed by atoms with Crippen molar-refractivity contribution >= 4 is 21.5 Å². The van der Waals surface area contributed by atoms with Crippen LogP contribution in [0.5, 0.6) is 0 Å². The van der Waals surface area contributed by atoms with E-state index in [-0.39, 0.29) is 5.75 Å². The molecule has 23 heavy (non-hydrogen) atoms. The first-order chi connectivity index (χ1) is 10.9. The molecule has 0 bridgehead atoms. The first-order valence-electron chi connectivity index (χ1n) is 7.74. The molecule has 130 valence electrons. The van der Waals surface area contributed by atoms with E-state index in [2.05, 4.69) is 16.9 Å². The van der Waals surface area contributed by atoms with Crippen molar-refractivity contribution in [2.75, 3.05) is 49.3 Å². The van der Waals surface area contributed by atoms with Gasteiger partial charge in [0.05, 0.1) is 5.75 Å². The summed E-state index contributed by atoms with van der Waals surface area (Å²) >= 11 is 0. The zero-order valence-corrected chi connectivity index (χ0v) is 15.0. The molecule has 0 unspecified atom stereocenters. The van der Waals surface area contributed by atoms with Gasteiger partial charge in [0, 0.05) is 38.8 Å². The second kappa shape index (κ2) is 9.52. The maximum absolute atomic E-state index is 11.5. The molecule has 0 aliphatic rings. The molecule has 0 spiro atoms. The maximum Gasteiger partial charge on any atom is 0.172 e. The number of pyridine rings is 1. The van der Waals surface area contributed by atoms with Crippen LogP contribution in [0.15, 0.2) is 24.1 Å². The Hall–Kier alpha value is -1.60. The van der Waals surface area contributed by atoms with Gasteiger partial charge < -0.3 is 15.0 Å². The van der Waals surface area contributed by atoms with Gasteiger partial charge in [-0.15, -0.1) is 0 Å². The van der Waals surface area contributed by atoms with Crippen LogP contribution in [0.25, 0.3) is 0 Å². The largest absolute Gasteiger partial charge is 0.382 e. The summed E-state index contributed by atoms with van der Waals surface area (Å²) in [6.07, 6.45) is 0.909. The van der Waals surface area contributed by atoms with Crippen LogP contribution in [0.4, 0.5) is 11.6 Å². The molecule has 0 saturated heterocycles. The Kier molecular flexibility index (Phi) is 8.05. The van der Waals surface area contributed by atoms with E-state index >= 15 is 0 Å². The van der Waals surface area contributed by atoms with Crippen LogP contribution in [0.3, 0.4) is 0 Å². The third-order valence-electron chi connectivity index (χ3n) is 3.29. The molecular weight excluding hydrogens is 314 g/mol.